The number of unbranched alkanes of at least 4 members (excludes halogenated alkanes) is 1. The Kier molecular flexibility index (Phi) is 28.3. The van der Waals surface area contributed by atoms with Gasteiger partial charge in [-0.2, -0.15) is 0 Å². The molecule has 470 valence electrons. The third kappa shape index (κ3) is 23.6. The van der Waals surface area contributed by atoms with Crippen LogP contribution in [0.4, 0.5) is 4.79 Å². The SMILES string of the molecule is CC(=O)NCCS[Se]CC(C)(C)C(=O)Oc1ccc2ccc(=O)oc2c1.CC(C)(C[Se]SCCNC(=O)CCCC[C@@H]1SC[C@@H]2NC(=O)N[C@@H]21)C(=O)Oc1ccc2ccc(=O)oc2c1.CC(C)(C[Se]SCC[NH3+])C(=O)Oc1ccc2ccc(=O)oc2c1. The second kappa shape index (κ2) is 34.7. The Balaban J connectivity index is 0.000000217. The topological polar surface area (TPSA) is 296 Å². The molecule has 7 N–H and O–H groups in total. The minimum absolute atomic E-state index is 0.0340. The van der Waals surface area contributed by atoms with E-state index in [4.69, 9.17) is 27.5 Å². The van der Waals surface area contributed by atoms with Crippen molar-refractivity contribution < 1.29 is 62.0 Å². The Labute approximate surface area is 537 Å². The van der Waals surface area contributed by atoms with Crippen LogP contribution in [0.15, 0.2) is 119 Å². The first-order valence-electron chi connectivity index (χ1n) is 27.9. The van der Waals surface area contributed by atoms with E-state index in [0.29, 0.717) is 83.2 Å². The van der Waals surface area contributed by atoms with E-state index in [2.05, 4.69) is 27.0 Å². The summed E-state index contributed by atoms with van der Waals surface area (Å²) in [7, 11) is 5.34. The maximum absolute atomic E-state index is 12.7. The molecule has 0 unspecified atom stereocenters. The van der Waals surface area contributed by atoms with Gasteiger partial charge in [0.05, 0.1) is 0 Å². The molecule has 27 heteroatoms. The number of benzene rings is 3. The maximum atomic E-state index is 12.7. The third-order valence-corrected chi connectivity index (χ3v) is 29.6. The van der Waals surface area contributed by atoms with E-state index in [9.17, 15) is 43.2 Å². The molecule has 0 aliphatic carbocycles. The van der Waals surface area contributed by atoms with E-state index < -0.39 is 33.1 Å². The van der Waals surface area contributed by atoms with Gasteiger partial charge in [0.15, 0.2) is 0 Å². The van der Waals surface area contributed by atoms with Gasteiger partial charge in [-0.15, -0.1) is 0 Å². The molecule has 6 aromatic rings. The van der Waals surface area contributed by atoms with Crippen LogP contribution in [-0.2, 0) is 24.0 Å². The number of quaternary nitrogens is 1. The Morgan fingerprint density at radius 1 is 0.586 bits per heavy atom. The van der Waals surface area contributed by atoms with Gasteiger partial charge in [-0.25, -0.2) is 4.79 Å². The summed E-state index contributed by atoms with van der Waals surface area (Å²) in [6, 6.07) is 24.5. The van der Waals surface area contributed by atoms with Gasteiger partial charge in [-0.3, -0.25) is 0 Å². The van der Waals surface area contributed by atoms with Crippen molar-refractivity contribution in [3.63, 3.8) is 0 Å². The van der Waals surface area contributed by atoms with Crippen LogP contribution in [0.1, 0.15) is 74.1 Å². The molecule has 0 radical (unpaired) electrons. The van der Waals surface area contributed by atoms with Crippen molar-refractivity contribution in [1.82, 2.24) is 21.3 Å². The quantitative estimate of drug-likeness (QED) is 0.00784. The molecule has 2 aliphatic rings. The number of rotatable bonds is 28. The van der Waals surface area contributed by atoms with Crippen LogP contribution >= 0.6 is 42.3 Å². The number of nitrogens with one attached hydrogen (secondary N) is 4. The van der Waals surface area contributed by atoms with Crippen LogP contribution in [0.2, 0.25) is 16.0 Å². The van der Waals surface area contributed by atoms with Crippen LogP contribution < -0.4 is 58.1 Å². The summed E-state index contributed by atoms with van der Waals surface area (Å²) in [6.07, 6.45) is 3.34. The Bertz CT molecular complexity index is 3530. The van der Waals surface area contributed by atoms with Gasteiger partial charge in [0.2, 0.25) is 0 Å². The average molecular weight is 1470 g/mol. The molecule has 2 fully saturated rings. The van der Waals surface area contributed by atoms with Crippen molar-refractivity contribution in [1.29, 1.82) is 0 Å². The summed E-state index contributed by atoms with van der Waals surface area (Å²) < 4.78 is 31.9. The number of hydrogen-bond donors (Lipinski definition) is 5. The fourth-order valence-electron chi connectivity index (χ4n) is 7.89. The Morgan fingerprint density at radius 3 is 1.40 bits per heavy atom. The summed E-state index contributed by atoms with van der Waals surface area (Å²) in [6.45, 7) is 14.9. The minimum atomic E-state index is -0.655. The molecule has 4 amide bonds. The van der Waals surface area contributed by atoms with E-state index in [-0.39, 0.29) is 75.5 Å². The van der Waals surface area contributed by atoms with E-state index >= 15 is 0 Å². The molecule has 5 heterocycles. The molecule has 3 atom stereocenters. The van der Waals surface area contributed by atoms with Crippen molar-refractivity contribution >= 4 is 152 Å². The van der Waals surface area contributed by atoms with Crippen molar-refractivity contribution in [3.05, 3.63) is 122 Å². The average Bonchev–Trinajstić information content (AvgIpc) is 3.96. The number of fused-ring (bicyclic) bond motifs is 4. The fraction of sp³-hybridized carbons (Fsp3) is 0.450. The van der Waals surface area contributed by atoms with Crippen LogP contribution in [0.25, 0.3) is 32.9 Å². The second-order valence-electron chi connectivity index (χ2n) is 22.0. The van der Waals surface area contributed by atoms with Gasteiger partial charge in [0.25, 0.3) is 0 Å². The summed E-state index contributed by atoms with van der Waals surface area (Å²) in [5.41, 5.74) is 1.85. The number of ether oxygens (including phenoxy) is 3. The van der Waals surface area contributed by atoms with Gasteiger partial charge in [-0.05, 0) is 0 Å². The molecule has 0 bridgehead atoms. The number of hydrogen-bond acceptors (Lipinski definition) is 19. The standard InChI is InChI=1S/C26H33N3O6S2Se.C18H21NO5SSe.C16H19NO4SSe/c1-26(2,24(32)34-17-9-7-16-8-10-22(31)35-19(16)13-17)15-38-37-12-11-27-21(30)6-4-3-5-20-23-18(14-36-20)28-25(33)29-23;1-12(20)19-8-9-25-26-11-18(2,3)17(22)23-14-6-4-13-5-7-16(21)24-15(13)10-14;1-16(2,10-23-22-8-7-17)15(19)20-12-5-3-11-4-6-14(18)21-13(11)9-12/h7-10,13,18,20,23H,3-6,11-12,14-15H2,1-2H3,(H,27,30)(H2,28,29,33);4-7,10H,8-9,11H2,1-3H3,(H,19,20);3-6,9H,7-8,10,17H2,1-2H3/p+1/t18-,20-,23-;;/m0../s1. The number of thioether (sulfide) groups is 1. The molecular weight excluding hydrogens is 1400 g/mol. The van der Waals surface area contributed by atoms with Crippen molar-refractivity contribution in [3.8, 4) is 17.2 Å². The molecule has 8 rings (SSSR count). The number of carbonyl (C=O) groups excluding carboxylic acids is 6. The number of esters is 3. The molecule has 2 aliphatic heterocycles. The molecule has 3 aromatic carbocycles. The van der Waals surface area contributed by atoms with Crippen molar-refractivity contribution in [2.75, 3.05) is 42.6 Å². The molecule has 0 saturated carbocycles. The van der Waals surface area contributed by atoms with Gasteiger partial charge in [0.1, 0.15) is 0 Å². The van der Waals surface area contributed by atoms with Crippen LogP contribution in [0, 0.1) is 16.2 Å². The third-order valence-electron chi connectivity index (χ3n) is 13.0. The van der Waals surface area contributed by atoms with Crippen molar-refractivity contribution in [2.24, 2.45) is 16.2 Å². The summed E-state index contributed by atoms with van der Waals surface area (Å²) in [5, 5.41) is 16.6. The zero-order valence-electron chi connectivity index (χ0n) is 49.5. The molecule has 0 spiro atoms. The number of urea groups is 1. The van der Waals surface area contributed by atoms with Crippen LogP contribution in [-0.4, -0.2) is 137 Å². The zero-order chi connectivity index (χ0) is 63.2. The molecule has 2 saturated heterocycles. The van der Waals surface area contributed by atoms with E-state index in [0.717, 1.165) is 70.3 Å². The van der Waals surface area contributed by atoms with Gasteiger partial charge >= 0.3 is 531 Å². The Morgan fingerprint density at radius 2 is 0.989 bits per heavy atom. The Hall–Kier alpha value is -5.17. The first kappa shape index (κ1) is 70.9. The molecule has 3 aromatic heterocycles. The number of amides is 4. The predicted molar refractivity (Wildman–Crippen MR) is 348 cm³/mol. The first-order valence-corrected chi connectivity index (χ1v) is 41.6. The van der Waals surface area contributed by atoms with Crippen LogP contribution in [0.5, 0.6) is 17.2 Å². The summed E-state index contributed by atoms with van der Waals surface area (Å²) in [5.74, 6) is 3.82. The van der Waals surface area contributed by atoms with E-state index in [1.165, 1.54) is 25.1 Å². The summed E-state index contributed by atoms with van der Waals surface area (Å²) >= 11 is 2.59. The van der Waals surface area contributed by atoms with Crippen LogP contribution in [0.3, 0.4) is 0 Å². The molecular formula is C60H74N5O15S4Se3+. The monoisotopic (exact) mass is 1470 g/mol. The molecule has 20 nitrogen and oxygen atoms in total. The van der Waals surface area contributed by atoms with E-state index in [1.807, 2.05) is 63.5 Å². The number of carbonyl (C=O) groups is 6. The van der Waals surface area contributed by atoms with Gasteiger partial charge in [0, 0.05) is 0 Å². The van der Waals surface area contributed by atoms with E-state index in [1.54, 1.807) is 93.2 Å². The van der Waals surface area contributed by atoms with Crippen molar-refractivity contribution in [2.45, 2.75) is 107 Å². The zero-order valence-corrected chi connectivity index (χ0v) is 57.9. The first-order chi connectivity index (χ1) is 41.4. The second-order valence-corrected chi connectivity index (χ2v) is 36.6. The fourth-order valence-corrected chi connectivity index (χ4v) is 23.3. The van der Waals surface area contributed by atoms with Gasteiger partial charge in [-0.1, -0.05) is 0 Å². The molecule has 87 heavy (non-hydrogen) atoms. The summed E-state index contributed by atoms with van der Waals surface area (Å²) in [4.78, 5) is 106. The predicted octanol–water partition coefficient (Wildman–Crippen LogP) is 7.71. The van der Waals surface area contributed by atoms with Gasteiger partial charge < -0.3 is 5.32 Å². The normalized spacial score (nSPS) is 15.4.